The van der Waals surface area contributed by atoms with Crippen molar-refractivity contribution in [2.75, 3.05) is 31.1 Å². The molecule has 0 atom stereocenters. The third kappa shape index (κ3) is 3.71. The molecule has 0 aromatic carbocycles. The van der Waals surface area contributed by atoms with E-state index in [1.54, 1.807) is 6.20 Å². The van der Waals surface area contributed by atoms with Crippen molar-refractivity contribution in [1.29, 1.82) is 0 Å². The molecule has 2 heterocycles. The van der Waals surface area contributed by atoms with Crippen molar-refractivity contribution in [3.05, 3.63) is 18.1 Å². The van der Waals surface area contributed by atoms with Crippen molar-refractivity contribution >= 4 is 5.82 Å². The second kappa shape index (κ2) is 6.97. The maximum absolute atomic E-state index is 4.56. The molecule has 18 heavy (non-hydrogen) atoms. The molecule has 0 unspecified atom stereocenters. The van der Waals surface area contributed by atoms with Crippen LogP contribution in [0.2, 0.25) is 0 Å². The molecule has 1 aliphatic rings. The van der Waals surface area contributed by atoms with Crippen LogP contribution < -0.4 is 10.2 Å². The SMILES string of the molecule is CCCCC#Cc1cncc(N2CCNCC2)n1. The van der Waals surface area contributed by atoms with Crippen molar-refractivity contribution < 1.29 is 0 Å². The van der Waals surface area contributed by atoms with E-state index in [9.17, 15) is 0 Å². The largest absolute Gasteiger partial charge is 0.353 e. The molecule has 1 aliphatic heterocycles. The Morgan fingerprint density at radius 1 is 1.33 bits per heavy atom. The quantitative estimate of drug-likeness (QED) is 0.645. The Bertz CT molecular complexity index is 427. The van der Waals surface area contributed by atoms with Gasteiger partial charge >= 0.3 is 0 Å². The zero-order valence-corrected chi connectivity index (χ0v) is 10.9. The maximum Gasteiger partial charge on any atom is 0.148 e. The van der Waals surface area contributed by atoms with Crippen LogP contribution in [0.25, 0.3) is 0 Å². The summed E-state index contributed by atoms with van der Waals surface area (Å²) in [7, 11) is 0. The maximum atomic E-state index is 4.56. The van der Waals surface area contributed by atoms with Gasteiger partial charge in [0.2, 0.25) is 0 Å². The molecule has 4 heteroatoms. The number of hydrogen-bond acceptors (Lipinski definition) is 4. The van der Waals surface area contributed by atoms with Crippen LogP contribution in [0.1, 0.15) is 31.9 Å². The van der Waals surface area contributed by atoms with E-state index in [4.69, 9.17) is 0 Å². The normalized spacial score (nSPS) is 15.1. The third-order valence-electron chi connectivity index (χ3n) is 2.93. The predicted octanol–water partition coefficient (Wildman–Crippen LogP) is 1.43. The van der Waals surface area contributed by atoms with Gasteiger partial charge in [-0.1, -0.05) is 19.3 Å². The molecule has 4 nitrogen and oxygen atoms in total. The fraction of sp³-hybridized carbons (Fsp3) is 0.571. The molecule has 1 aromatic heterocycles. The van der Waals surface area contributed by atoms with E-state index in [1.165, 1.54) is 6.42 Å². The number of unbranched alkanes of at least 4 members (excludes halogenated alkanes) is 2. The van der Waals surface area contributed by atoms with Crippen molar-refractivity contribution in [1.82, 2.24) is 15.3 Å². The van der Waals surface area contributed by atoms with Crippen LogP contribution in [-0.4, -0.2) is 36.1 Å². The van der Waals surface area contributed by atoms with E-state index in [1.807, 2.05) is 6.20 Å². The lowest BCUT2D eigenvalue weighted by atomic mass is 10.2. The summed E-state index contributed by atoms with van der Waals surface area (Å²) in [5.41, 5.74) is 0.780. The highest BCUT2D eigenvalue weighted by molar-refractivity contribution is 5.40. The van der Waals surface area contributed by atoms with Gasteiger partial charge in [-0.15, -0.1) is 0 Å². The second-order valence-electron chi connectivity index (χ2n) is 4.40. The molecule has 2 rings (SSSR count). The minimum absolute atomic E-state index is 0.780. The summed E-state index contributed by atoms with van der Waals surface area (Å²) in [6.45, 7) is 6.16. The van der Waals surface area contributed by atoms with E-state index in [2.05, 4.69) is 38.9 Å². The lowest BCUT2D eigenvalue weighted by molar-refractivity contribution is 0.584. The lowest BCUT2D eigenvalue weighted by Gasteiger charge is -2.27. The smallest absolute Gasteiger partial charge is 0.148 e. The molecule has 1 saturated heterocycles. The first-order chi connectivity index (χ1) is 8.90. The first-order valence-electron chi connectivity index (χ1n) is 6.66. The molecule has 0 spiro atoms. The van der Waals surface area contributed by atoms with Crippen molar-refractivity contribution in [2.24, 2.45) is 0 Å². The highest BCUT2D eigenvalue weighted by atomic mass is 15.2. The van der Waals surface area contributed by atoms with E-state index in [0.717, 1.165) is 50.5 Å². The topological polar surface area (TPSA) is 41.1 Å². The van der Waals surface area contributed by atoms with Crippen LogP contribution >= 0.6 is 0 Å². The molecule has 1 aromatic rings. The highest BCUT2D eigenvalue weighted by Gasteiger charge is 2.11. The van der Waals surface area contributed by atoms with Gasteiger partial charge in [0.15, 0.2) is 0 Å². The first kappa shape index (κ1) is 12.8. The number of hydrogen-bond donors (Lipinski definition) is 1. The van der Waals surface area contributed by atoms with Crippen LogP contribution in [-0.2, 0) is 0 Å². The molecule has 1 fully saturated rings. The summed E-state index contributed by atoms with van der Waals surface area (Å²) < 4.78 is 0. The van der Waals surface area contributed by atoms with Crippen LogP contribution in [0.4, 0.5) is 5.82 Å². The van der Waals surface area contributed by atoms with E-state index in [-0.39, 0.29) is 0 Å². The molecular formula is C14H20N4. The van der Waals surface area contributed by atoms with Gasteiger partial charge in [-0.05, 0) is 12.3 Å². The fourth-order valence-corrected chi connectivity index (χ4v) is 1.88. The zero-order chi connectivity index (χ0) is 12.6. The number of piperazine rings is 1. The van der Waals surface area contributed by atoms with Crippen LogP contribution in [0.5, 0.6) is 0 Å². The van der Waals surface area contributed by atoms with Crippen LogP contribution in [0.15, 0.2) is 12.4 Å². The Kier molecular flexibility index (Phi) is 4.98. The predicted molar refractivity (Wildman–Crippen MR) is 73.5 cm³/mol. The van der Waals surface area contributed by atoms with Gasteiger partial charge in [-0.2, -0.15) is 0 Å². The Morgan fingerprint density at radius 3 is 2.94 bits per heavy atom. The molecular weight excluding hydrogens is 224 g/mol. The highest BCUT2D eigenvalue weighted by Crippen LogP contribution is 2.09. The Labute approximate surface area is 109 Å². The summed E-state index contributed by atoms with van der Waals surface area (Å²) in [6.07, 6.45) is 6.84. The molecule has 0 radical (unpaired) electrons. The molecule has 0 amide bonds. The van der Waals surface area contributed by atoms with Crippen molar-refractivity contribution in [3.63, 3.8) is 0 Å². The average Bonchev–Trinajstić information content (AvgIpc) is 2.45. The number of aromatic nitrogens is 2. The van der Waals surface area contributed by atoms with Crippen molar-refractivity contribution in [2.45, 2.75) is 26.2 Å². The summed E-state index contributed by atoms with van der Waals surface area (Å²) >= 11 is 0. The summed E-state index contributed by atoms with van der Waals surface area (Å²) in [5, 5.41) is 3.33. The standard InChI is InChI=1S/C14H20N4/c1-2-3-4-5-6-13-11-16-12-14(17-13)18-9-7-15-8-10-18/h11-12,15H,2-4,7-10H2,1H3. The molecule has 0 bridgehead atoms. The van der Waals surface area contributed by atoms with Crippen LogP contribution in [0.3, 0.4) is 0 Å². The average molecular weight is 244 g/mol. The number of anilines is 1. The van der Waals surface area contributed by atoms with E-state index >= 15 is 0 Å². The molecule has 1 N–H and O–H groups in total. The zero-order valence-electron chi connectivity index (χ0n) is 10.9. The van der Waals surface area contributed by atoms with Gasteiger partial charge in [0.05, 0.1) is 12.4 Å². The number of nitrogens with one attached hydrogen (secondary N) is 1. The fourth-order valence-electron chi connectivity index (χ4n) is 1.88. The lowest BCUT2D eigenvalue weighted by Crippen LogP contribution is -2.44. The minimum Gasteiger partial charge on any atom is -0.353 e. The van der Waals surface area contributed by atoms with Gasteiger partial charge in [-0.3, -0.25) is 4.98 Å². The Morgan fingerprint density at radius 2 is 2.17 bits per heavy atom. The third-order valence-corrected chi connectivity index (χ3v) is 2.93. The van der Waals surface area contributed by atoms with Gasteiger partial charge in [-0.25, -0.2) is 4.98 Å². The molecule has 0 saturated carbocycles. The first-order valence-corrected chi connectivity index (χ1v) is 6.66. The van der Waals surface area contributed by atoms with E-state index < -0.39 is 0 Å². The minimum atomic E-state index is 0.780. The van der Waals surface area contributed by atoms with E-state index in [0.29, 0.717) is 0 Å². The van der Waals surface area contributed by atoms with Gasteiger partial charge in [0, 0.05) is 32.6 Å². The summed E-state index contributed by atoms with van der Waals surface area (Å²) in [5.74, 6) is 7.19. The molecule has 96 valence electrons. The van der Waals surface area contributed by atoms with Gasteiger partial charge in [0.25, 0.3) is 0 Å². The number of rotatable bonds is 3. The van der Waals surface area contributed by atoms with Gasteiger partial charge in [0.1, 0.15) is 11.5 Å². The van der Waals surface area contributed by atoms with Crippen molar-refractivity contribution in [3.8, 4) is 11.8 Å². The molecule has 0 aliphatic carbocycles. The van der Waals surface area contributed by atoms with Gasteiger partial charge < -0.3 is 10.2 Å². The second-order valence-corrected chi connectivity index (χ2v) is 4.40. The Hall–Kier alpha value is -1.60. The summed E-state index contributed by atoms with van der Waals surface area (Å²) in [4.78, 5) is 11.0. The summed E-state index contributed by atoms with van der Waals surface area (Å²) in [6, 6.07) is 0. The number of nitrogens with zero attached hydrogens (tertiary/aromatic N) is 3. The Balaban J connectivity index is 2.01. The monoisotopic (exact) mass is 244 g/mol. The van der Waals surface area contributed by atoms with Crippen LogP contribution in [0, 0.1) is 11.8 Å².